The predicted molar refractivity (Wildman–Crippen MR) is 55.5 cm³/mol. The summed E-state index contributed by atoms with van der Waals surface area (Å²) in [6.45, 7) is 2.06. The van der Waals surface area contributed by atoms with Crippen LogP contribution in [0.25, 0.3) is 10.9 Å². The summed E-state index contributed by atoms with van der Waals surface area (Å²) >= 11 is 0. The van der Waals surface area contributed by atoms with Crippen LogP contribution in [-0.2, 0) is 6.61 Å². The Bertz CT molecular complexity index is 460. The third kappa shape index (κ3) is 1.26. The maximum Gasteiger partial charge on any atom is 0.143 e. The molecule has 0 aliphatic heterocycles. The molecule has 0 amide bonds. The number of hydrogen-bond donors (Lipinski definition) is 2. The predicted octanol–water partition coefficient (Wildman–Crippen LogP) is 1.98. The number of aromatic amines is 1. The summed E-state index contributed by atoms with van der Waals surface area (Å²) in [7, 11) is 1.65. The zero-order valence-electron chi connectivity index (χ0n) is 8.29. The van der Waals surface area contributed by atoms with Crippen molar-refractivity contribution < 1.29 is 9.84 Å². The minimum atomic E-state index is 0.0482. The van der Waals surface area contributed by atoms with Crippen LogP contribution in [0.3, 0.4) is 0 Å². The number of hydrogen-bond acceptors (Lipinski definition) is 2. The smallest absolute Gasteiger partial charge is 0.143 e. The van der Waals surface area contributed by atoms with E-state index in [1.807, 2.05) is 25.3 Å². The average molecular weight is 191 g/mol. The van der Waals surface area contributed by atoms with Gasteiger partial charge in [-0.3, -0.25) is 0 Å². The molecular weight excluding hydrogens is 178 g/mol. The Kier molecular flexibility index (Phi) is 2.17. The first-order valence-corrected chi connectivity index (χ1v) is 4.51. The lowest BCUT2D eigenvalue weighted by Gasteiger charge is -2.03. The van der Waals surface area contributed by atoms with Crippen molar-refractivity contribution in [2.45, 2.75) is 13.5 Å². The number of aromatic nitrogens is 1. The molecule has 2 aromatic rings. The molecule has 3 heteroatoms. The summed E-state index contributed by atoms with van der Waals surface area (Å²) in [6, 6.07) is 4.01. The summed E-state index contributed by atoms with van der Waals surface area (Å²) in [6.07, 6.45) is 1.81. The second-order valence-electron chi connectivity index (χ2n) is 3.36. The van der Waals surface area contributed by atoms with Gasteiger partial charge in [-0.1, -0.05) is 0 Å². The Morgan fingerprint density at radius 3 is 2.86 bits per heavy atom. The molecule has 74 valence electrons. The molecule has 1 aromatic carbocycles. The number of methoxy groups -OCH3 is 1. The summed E-state index contributed by atoms with van der Waals surface area (Å²) in [4.78, 5) is 3.10. The van der Waals surface area contributed by atoms with Gasteiger partial charge < -0.3 is 14.8 Å². The van der Waals surface area contributed by atoms with E-state index in [0.717, 1.165) is 27.8 Å². The Labute approximate surface area is 82.3 Å². The lowest BCUT2D eigenvalue weighted by molar-refractivity contribution is 0.283. The quantitative estimate of drug-likeness (QED) is 0.762. The Morgan fingerprint density at radius 1 is 1.43 bits per heavy atom. The SMILES string of the molecule is COc1cc(C)cc2c(CO)c[nH]c12. The van der Waals surface area contributed by atoms with Crippen LogP contribution in [0.4, 0.5) is 0 Å². The summed E-state index contributed by atoms with van der Waals surface area (Å²) in [5, 5.41) is 10.1. The van der Waals surface area contributed by atoms with Gasteiger partial charge in [-0.2, -0.15) is 0 Å². The molecule has 2 N–H and O–H groups in total. The fourth-order valence-corrected chi connectivity index (χ4v) is 1.68. The number of benzene rings is 1. The maximum atomic E-state index is 9.12. The van der Waals surface area contributed by atoms with Crippen molar-refractivity contribution in [2.24, 2.45) is 0 Å². The third-order valence-corrected chi connectivity index (χ3v) is 2.37. The number of fused-ring (bicyclic) bond motifs is 1. The number of aryl methyl sites for hydroxylation is 1. The highest BCUT2D eigenvalue weighted by Gasteiger charge is 2.07. The van der Waals surface area contributed by atoms with Crippen molar-refractivity contribution in [2.75, 3.05) is 7.11 Å². The first kappa shape index (κ1) is 9.09. The molecule has 0 aliphatic carbocycles. The molecule has 0 fully saturated rings. The largest absolute Gasteiger partial charge is 0.495 e. The first-order valence-electron chi connectivity index (χ1n) is 4.51. The van der Waals surface area contributed by atoms with Gasteiger partial charge in [0.05, 0.1) is 19.2 Å². The number of nitrogens with one attached hydrogen (secondary N) is 1. The molecule has 0 aliphatic rings. The van der Waals surface area contributed by atoms with Gasteiger partial charge in [-0.05, 0) is 24.6 Å². The fourth-order valence-electron chi connectivity index (χ4n) is 1.68. The van der Waals surface area contributed by atoms with E-state index >= 15 is 0 Å². The minimum absolute atomic E-state index is 0.0482. The molecule has 0 bridgehead atoms. The molecule has 0 unspecified atom stereocenters. The van der Waals surface area contributed by atoms with Gasteiger partial charge in [-0.25, -0.2) is 0 Å². The fraction of sp³-hybridized carbons (Fsp3) is 0.273. The highest BCUT2D eigenvalue weighted by molar-refractivity contribution is 5.89. The van der Waals surface area contributed by atoms with Gasteiger partial charge in [0.1, 0.15) is 5.75 Å². The van der Waals surface area contributed by atoms with E-state index in [2.05, 4.69) is 4.98 Å². The Morgan fingerprint density at radius 2 is 2.21 bits per heavy atom. The molecule has 1 aromatic heterocycles. The molecular formula is C11H13NO2. The van der Waals surface area contributed by atoms with Gasteiger partial charge in [0.15, 0.2) is 0 Å². The molecule has 14 heavy (non-hydrogen) atoms. The lowest BCUT2D eigenvalue weighted by Crippen LogP contribution is -1.86. The number of aliphatic hydroxyl groups is 1. The van der Waals surface area contributed by atoms with Crippen molar-refractivity contribution in [3.05, 3.63) is 29.5 Å². The molecule has 0 spiro atoms. The van der Waals surface area contributed by atoms with E-state index in [1.54, 1.807) is 7.11 Å². The van der Waals surface area contributed by atoms with Crippen molar-refractivity contribution in [3.8, 4) is 5.75 Å². The highest BCUT2D eigenvalue weighted by Crippen LogP contribution is 2.28. The number of rotatable bonds is 2. The van der Waals surface area contributed by atoms with Crippen molar-refractivity contribution >= 4 is 10.9 Å². The van der Waals surface area contributed by atoms with Crippen molar-refractivity contribution in [3.63, 3.8) is 0 Å². The van der Waals surface area contributed by atoms with Gasteiger partial charge in [0.25, 0.3) is 0 Å². The maximum absolute atomic E-state index is 9.12. The van der Waals surface area contributed by atoms with Crippen LogP contribution >= 0.6 is 0 Å². The zero-order valence-corrected chi connectivity index (χ0v) is 8.29. The zero-order chi connectivity index (χ0) is 10.1. The normalized spacial score (nSPS) is 10.8. The summed E-state index contributed by atoms with van der Waals surface area (Å²) in [5.41, 5.74) is 2.98. The minimum Gasteiger partial charge on any atom is -0.495 e. The van der Waals surface area contributed by atoms with E-state index in [4.69, 9.17) is 9.84 Å². The van der Waals surface area contributed by atoms with Crippen molar-refractivity contribution in [1.29, 1.82) is 0 Å². The van der Waals surface area contributed by atoms with Crippen LogP contribution in [0.2, 0.25) is 0 Å². The highest BCUT2D eigenvalue weighted by atomic mass is 16.5. The molecule has 0 atom stereocenters. The standard InChI is InChI=1S/C11H13NO2/c1-7-3-9-8(6-13)5-12-11(9)10(4-7)14-2/h3-5,12-13H,6H2,1-2H3. The van der Waals surface area contributed by atoms with Gasteiger partial charge in [-0.15, -0.1) is 0 Å². The van der Waals surface area contributed by atoms with Crippen LogP contribution in [0.5, 0.6) is 5.75 Å². The Hall–Kier alpha value is -1.48. The average Bonchev–Trinajstić information content (AvgIpc) is 2.59. The lowest BCUT2D eigenvalue weighted by atomic mass is 10.1. The number of ether oxygens (including phenoxy) is 1. The molecule has 3 nitrogen and oxygen atoms in total. The van der Waals surface area contributed by atoms with E-state index in [1.165, 1.54) is 0 Å². The number of aliphatic hydroxyl groups excluding tert-OH is 1. The van der Waals surface area contributed by atoms with Gasteiger partial charge in [0, 0.05) is 17.1 Å². The van der Waals surface area contributed by atoms with Crippen LogP contribution < -0.4 is 4.74 Å². The molecule has 0 radical (unpaired) electrons. The van der Waals surface area contributed by atoms with Crippen LogP contribution in [-0.4, -0.2) is 17.2 Å². The van der Waals surface area contributed by atoms with Gasteiger partial charge in [0.2, 0.25) is 0 Å². The van der Waals surface area contributed by atoms with Crippen LogP contribution in [0, 0.1) is 6.92 Å². The molecule has 1 heterocycles. The first-order chi connectivity index (χ1) is 6.76. The number of H-pyrrole nitrogens is 1. The topological polar surface area (TPSA) is 45.2 Å². The van der Waals surface area contributed by atoms with E-state index in [-0.39, 0.29) is 6.61 Å². The van der Waals surface area contributed by atoms with Crippen molar-refractivity contribution in [1.82, 2.24) is 4.98 Å². The molecule has 2 rings (SSSR count). The third-order valence-electron chi connectivity index (χ3n) is 2.37. The van der Waals surface area contributed by atoms with Gasteiger partial charge >= 0.3 is 0 Å². The van der Waals surface area contributed by atoms with E-state index in [0.29, 0.717) is 0 Å². The van der Waals surface area contributed by atoms with Crippen LogP contribution in [0.1, 0.15) is 11.1 Å². The second kappa shape index (κ2) is 3.35. The molecule has 0 saturated carbocycles. The van der Waals surface area contributed by atoms with E-state index in [9.17, 15) is 0 Å². The molecule has 0 saturated heterocycles. The monoisotopic (exact) mass is 191 g/mol. The second-order valence-corrected chi connectivity index (χ2v) is 3.36. The Balaban J connectivity index is 2.76. The van der Waals surface area contributed by atoms with E-state index < -0.39 is 0 Å². The van der Waals surface area contributed by atoms with Crippen LogP contribution in [0.15, 0.2) is 18.3 Å². The summed E-state index contributed by atoms with van der Waals surface area (Å²) in [5.74, 6) is 0.819. The summed E-state index contributed by atoms with van der Waals surface area (Å²) < 4.78 is 5.25.